The Hall–Kier alpha value is -1.98. The van der Waals surface area contributed by atoms with Crippen molar-refractivity contribution < 1.29 is 124 Å². The smallest absolute Gasteiger partial charge is 0.217 e. The summed E-state index contributed by atoms with van der Waals surface area (Å²) < 4.78 is 51.4. The van der Waals surface area contributed by atoms with Gasteiger partial charge in [-0.2, -0.15) is 0 Å². The van der Waals surface area contributed by atoms with Crippen LogP contribution in [0.2, 0.25) is 0 Å². The van der Waals surface area contributed by atoms with Crippen LogP contribution in [0.1, 0.15) is 20.8 Å². The highest BCUT2D eigenvalue weighted by Crippen LogP contribution is 2.36. The molecule has 0 aromatic carbocycles. The van der Waals surface area contributed by atoms with E-state index in [1.807, 2.05) is 0 Å². The summed E-state index contributed by atoms with van der Waals surface area (Å²) in [5, 5.41) is 154. The minimum absolute atomic E-state index is 0.716. The topological polar surface area (TPSA) is 424 Å². The zero-order valence-electron chi connectivity index (χ0n) is 33.0. The standard InChI is InChI=1S/C34H58N2O25/c1-8-17(42)22(47)24(49)32(54-8)53-7-14-19(44)23(48)25(50)33(58-14)59-27-13(6-39)57-34(60-28-16(36-10(3)41)30(52)55-12(5-38)20(28)45)26(51)29(27)61-31-15(35-9(2)40)21(46)18(43)11(4-37)56-31/h8,11-34,37-39,42-52H,4-7H2,1-3H3,(H,35,40)(H,36,41)/t8-,11+,12+,13+,14+,15+,16+,17-,18+,19+,20+,21+,22+,23-,24+,25+,26+,27-,28+,29+,30+,31-,32+,33+,34+/m0/s1. The number of rotatable bonds is 14. The predicted octanol–water partition coefficient (Wildman–Crippen LogP) is -10.6. The Morgan fingerprint density at radius 1 is 0.459 bits per heavy atom. The normalized spacial score (nSPS) is 49.6. The highest BCUT2D eigenvalue weighted by atomic mass is 16.8. The van der Waals surface area contributed by atoms with Gasteiger partial charge in [-0.05, 0) is 6.92 Å². The molecule has 27 nitrogen and oxygen atoms in total. The van der Waals surface area contributed by atoms with Crippen LogP contribution in [0.15, 0.2) is 0 Å². The lowest BCUT2D eigenvalue weighted by Gasteiger charge is -2.51. The van der Waals surface area contributed by atoms with Crippen molar-refractivity contribution in [3.05, 3.63) is 0 Å². The number of nitrogens with one attached hydrogen (secondary N) is 2. The highest BCUT2D eigenvalue weighted by molar-refractivity contribution is 5.73. The van der Waals surface area contributed by atoms with Gasteiger partial charge in [-0.25, -0.2) is 0 Å². The van der Waals surface area contributed by atoms with E-state index in [-0.39, 0.29) is 0 Å². The third kappa shape index (κ3) is 10.9. The van der Waals surface area contributed by atoms with Crippen LogP contribution < -0.4 is 10.6 Å². The van der Waals surface area contributed by atoms with E-state index in [4.69, 9.17) is 42.6 Å². The van der Waals surface area contributed by atoms with Crippen molar-refractivity contribution in [3.8, 4) is 0 Å². The summed E-state index contributed by atoms with van der Waals surface area (Å²) in [5.41, 5.74) is 0. The first-order valence-electron chi connectivity index (χ1n) is 19.4. The third-order valence-electron chi connectivity index (χ3n) is 11.1. The fourth-order valence-electron chi connectivity index (χ4n) is 7.67. The molecule has 2 amide bonds. The molecule has 5 saturated heterocycles. The molecule has 0 bridgehead atoms. The van der Waals surface area contributed by atoms with Crippen molar-refractivity contribution in [2.75, 3.05) is 26.4 Å². The number of aliphatic hydroxyl groups excluding tert-OH is 14. The summed E-state index contributed by atoms with van der Waals surface area (Å²) in [6, 6.07) is -3.22. The summed E-state index contributed by atoms with van der Waals surface area (Å²) >= 11 is 0. The van der Waals surface area contributed by atoms with Crippen LogP contribution in [0.25, 0.3) is 0 Å². The predicted molar refractivity (Wildman–Crippen MR) is 188 cm³/mol. The molecule has 16 N–H and O–H groups in total. The Morgan fingerprint density at radius 3 is 1.54 bits per heavy atom. The molecule has 5 aliphatic heterocycles. The second kappa shape index (κ2) is 21.3. The van der Waals surface area contributed by atoms with Crippen LogP contribution in [0.4, 0.5) is 0 Å². The number of carbonyl (C=O) groups excluding carboxylic acids is 2. The fourth-order valence-corrected chi connectivity index (χ4v) is 7.67. The molecule has 61 heavy (non-hydrogen) atoms. The van der Waals surface area contributed by atoms with E-state index in [0.717, 1.165) is 13.8 Å². The maximum absolute atomic E-state index is 12.2. The van der Waals surface area contributed by atoms with Crippen LogP contribution in [-0.2, 0) is 52.2 Å². The zero-order valence-corrected chi connectivity index (χ0v) is 33.0. The minimum Gasteiger partial charge on any atom is -0.394 e. The van der Waals surface area contributed by atoms with Crippen molar-refractivity contribution in [2.24, 2.45) is 0 Å². The van der Waals surface area contributed by atoms with E-state index in [0.29, 0.717) is 0 Å². The van der Waals surface area contributed by atoms with E-state index in [1.165, 1.54) is 6.92 Å². The van der Waals surface area contributed by atoms with E-state index < -0.39 is 192 Å². The lowest BCUT2D eigenvalue weighted by atomic mass is 9.94. The molecule has 5 fully saturated rings. The summed E-state index contributed by atoms with van der Waals surface area (Å²) in [5.74, 6) is -1.51. The molecule has 0 unspecified atom stereocenters. The second-order valence-corrected chi connectivity index (χ2v) is 15.4. The molecule has 354 valence electrons. The van der Waals surface area contributed by atoms with Gasteiger partial charge in [0.15, 0.2) is 31.5 Å². The molecule has 0 aromatic rings. The van der Waals surface area contributed by atoms with E-state index >= 15 is 0 Å². The van der Waals surface area contributed by atoms with E-state index in [2.05, 4.69) is 10.6 Å². The minimum atomic E-state index is -2.20. The van der Waals surface area contributed by atoms with Gasteiger partial charge in [0.25, 0.3) is 0 Å². The largest absolute Gasteiger partial charge is 0.394 e. The summed E-state index contributed by atoms with van der Waals surface area (Å²) in [6.07, 6.45) is -41.3. The Balaban J connectivity index is 1.46. The monoisotopic (exact) mass is 894 g/mol. The van der Waals surface area contributed by atoms with Crippen LogP contribution in [-0.4, -0.2) is 263 Å². The van der Waals surface area contributed by atoms with Gasteiger partial charge in [0.05, 0.1) is 32.5 Å². The van der Waals surface area contributed by atoms with Gasteiger partial charge in [0, 0.05) is 13.8 Å². The van der Waals surface area contributed by atoms with Crippen molar-refractivity contribution in [1.82, 2.24) is 10.6 Å². The number of amides is 2. The number of ether oxygens (including phenoxy) is 9. The van der Waals surface area contributed by atoms with Gasteiger partial charge in [0.1, 0.15) is 116 Å². The Morgan fingerprint density at radius 2 is 0.934 bits per heavy atom. The van der Waals surface area contributed by atoms with Gasteiger partial charge in [-0.15, -0.1) is 0 Å². The van der Waals surface area contributed by atoms with Crippen LogP contribution in [0.3, 0.4) is 0 Å². The SMILES string of the molecule is CC(=O)N[C@@H]1[C@@H](O[C@H]2O[C@H](CO)[C@H](O[C@H]3O[C@H](CO[C@@H]4O[C@@H](C)[C@H](O)[C@@H](O)[C@H]4O)[C@@H](O)[C@H](O)[C@H]3O)[C@H](O[C@@H]3O[C@H](CO)[C@@H](O)[C@H](O)[C@H]3NC(C)=O)[C@H]2O)[C@H](O)[C@@H](CO)O[C@H]1O. The molecule has 5 aliphatic rings. The average molecular weight is 895 g/mol. The molecule has 0 spiro atoms. The van der Waals surface area contributed by atoms with E-state index in [9.17, 15) is 81.1 Å². The number of hydrogen-bond acceptors (Lipinski definition) is 25. The molecular formula is C34H58N2O25. The van der Waals surface area contributed by atoms with Gasteiger partial charge in [-0.1, -0.05) is 0 Å². The van der Waals surface area contributed by atoms with Crippen LogP contribution >= 0.6 is 0 Å². The van der Waals surface area contributed by atoms with Crippen molar-refractivity contribution >= 4 is 11.8 Å². The van der Waals surface area contributed by atoms with Gasteiger partial charge < -0.3 is 125 Å². The van der Waals surface area contributed by atoms with Gasteiger partial charge >= 0.3 is 0 Å². The number of aliphatic hydroxyl groups is 14. The summed E-state index contributed by atoms with van der Waals surface area (Å²) in [4.78, 5) is 24.3. The first-order chi connectivity index (χ1) is 28.7. The van der Waals surface area contributed by atoms with Crippen molar-refractivity contribution in [3.63, 3.8) is 0 Å². The maximum atomic E-state index is 12.2. The fraction of sp³-hybridized carbons (Fsp3) is 0.941. The zero-order chi connectivity index (χ0) is 45.2. The summed E-state index contributed by atoms with van der Waals surface area (Å²) in [6.45, 7) is -0.0430. The maximum Gasteiger partial charge on any atom is 0.217 e. The van der Waals surface area contributed by atoms with Crippen LogP contribution in [0.5, 0.6) is 0 Å². The molecule has 0 aliphatic carbocycles. The first-order valence-corrected chi connectivity index (χ1v) is 19.4. The molecule has 5 heterocycles. The second-order valence-electron chi connectivity index (χ2n) is 15.4. The number of carbonyl (C=O) groups is 2. The highest BCUT2D eigenvalue weighted by Gasteiger charge is 2.57. The van der Waals surface area contributed by atoms with Gasteiger partial charge in [0.2, 0.25) is 11.8 Å². The molecule has 25 atom stereocenters. The molecule has 27 heteroatoms. The lowest BCUT2D eigenvalue weighted by molar-refractivity contribution is -0.392. The van der Waals surface area contributed by atoms with Crippen LogP contribution in [0, 0.1) is 0 Å². The molecule has 0 saturated carbocycles. The van der Waals surface area contributed by atoms with Gasteiger partial charge in [-0.3, -0.25) is 9.59 Å². The van der Waals surface area contributed by atoms with Crippen molar-refractivity contribution in [2.45, 2.75) is 174 Å². The Kier molecular flexibility index (Phi) is 17.5. The molecule has 5 rings (SSSR count). The third-order valence-corrected chi connectivity index (χ3v) is 11.1. The quantitative estimate of drug-likeness (QED) is 0.0770. The Bertz CT molecular complexity index is 1420. The molecule has 0 aromatic heterocycles. The average Bonchev–Trinajstić information content (AvgIpc) is 3.22. The lowest BCUT2D eigenvalue weighted by Crippen LogP contribution is -2.70. The summed E-state index contributed by atoms with van der Waals surface area (Å²) in [7, 11) is 0. The molecular weight excluding hydrogens is 836 g/mol. The first kappa shape index (κ1) is 50.0. The van der Waals surface area contributed by atoms with Crippen molar-refractivity contribution in [1.29, 1.82) is 0 Å². The number of hydrogen-bond donors (Lipinski definition) is 16. The molecule has 0 radical (unpaired) electrons. The van der Waals surface area contributed by atoms with E-state index in [1.54, 1.807) is 0 Å². The Labute approximate surface area is 346 Å².